The van der Waals surface area contributed by atoms with Gasteiger partial charge in [-0.25, -0.2) is 4.99 Å². The van der Waals surface area contributed by atoms with Gasteiger partial charge in [0.1, 0.15) is 10.8 Å². The lowest BCUT2D eigenvalue weighted by atomic mass is 10.1. The lowest BCUT2D eigenvalue weighted by molar-refractivity contribution is 0.492. The van der Waals surface area contributed by atoms with Crippen molar-refractivity contribution >= 4 is 35.2 Å². The van der Waals surface area contributed by atoms with Gasteiger partial charge >= 0.3 is 0 Å². The number of ether oxygens (including phenoxy) is 1. The highest BCUT2D eigenvalue weighted by molar-refractivity contribution is 7.08. The molecule has 0 aliphatic heterocycles. The van der Waals surface area contributed by atoms with Crippen molar-refractivity contribution in [1.29, 1.82) is 0 Å². The zero-order chi connectivity index (χ0) is 20.1. The number of benzene rings is 2. The van der Waals surface area contributed by atoms with Gasteiger partial charge in [0, 0.05) is 31.5 Å². The van der Waals surface area contributed by atoms with Gasteiger partial charge in [-0.1, -0.05) is 41.9 Å². The topological polar surface area (TPSA) is 37.7 Å². The predicted octanol–water partition coefficient (Wildman–Crippen LogP) is 6.41. The Kier molecular flexibility index (Phi) is 6.70. The number of hydrogen-bond acceptors (Lipinski definition) is 4. The van der Waals surface area contributed by atoms with Gasteiger partial charge in [0.2, 0.25) is 5.06 Å². The van der Waals surface area contributed by atoms with Gasteiger partial charge in [-0.3, -0.25) is 0 Å². The van der Waals surface area contributed by atoms with E-state index in [2.05, 4.69) is 28.4 Å². The van der Waals surface area contributed by atoms with Crippen molar-refractivity contribution in [2.45, 2.75) is 27.2 Å². The molecule has 0 saturated carbocycles. The summed E-state index contributed by atoms with van der Waals surface area (Å²) < 4.78 is 10.6. The standard InChI is InChI=1S/C22H24ClN3OS/c1-5-26(4)14-24-18-11-16(3)20(12-15(18)2)27-22-21(23)19(25-28-22)13-17-9-7-6-8-10-17/h6-12,14H,5,13H2,1-4H3/b24-14-. The van der Waals surface area contributed by atoms with Crippen molar-refractivity contribution in [3.8, 4) is 10.8 Å². The first-order valence-corrected chi connectivity index (χ1v) is 10.3. The van der Waals surface area contributed by atoms with Crippen molar-refractivity contribution in [3.63, 3.8) is 0 Å². The van der Waals surface area contributed by atoms with E-state index in [1.807, 2.05) is 62.5 Å². The summed E-state index contributed by atoms with van der Waals surface area (Å²) in [5.74, 6) is 0.775. The zero-order valence-electron chi connectivity index (χ0n) is 16.6. The molecule has 1 aromatic heterocycles. The third-order valence-electron chi connectivity index (χ3n) is 4.47. The molecule has 3 rings (SSSR count). The zero-order valence-corrected chi connectivity index (χ0v) is 18.1. The van der Waals surface area contributed by atoms with E-state index in [1.165, 1.54) is 17.1 Å². The summed E-state index contributed by atoms with van der Waals surface area (Å²) in [7, 11) is 2.00. The minimum Gasteiger partial charge on any atom is -0.443 e. The molecule has 0 bridgehead atoms. The first-order chi connectivity index (χ1) is 13.5. The fourth-order valence-electron chi connectivity index (χ4n) is 2.62. The Balaban J connectivity index is 1.79. The molecule has 0 unspecified atom stereocenters. The maximum absolute atomic E-state index is 6.54. The highest BCUT2D eigenvalue weighted by Gasteiger charge is 2.16. The van der Waals surface area contributed by atoms with Crippen LogP contribution in [0, 0.1) is 13.8 Å². The number of rotatable bonds is 7. The number of aryl methyl sites for hydroxylation is 2. The van der Waals surface area contributed by atoms with Crippen LogP contribution in [-0.4, -0.2) is 29.2 Å². The van der Waals surface area contributed by atoms with E-state index in [4.69, 9.17) is 16.3 Å². The molecule has 3 aromatic rings. The molecule has 28 heavy (non-hydrogen) atoms. The summed E-state index contributed by atoms with van der Waals surface area (Å²) in [5, 5.41) is 1.20. The summed E-state index contributed by atoms with van der Waals surface area (Å²) in [4.78, 5) is 6.60. The number of hydrogen-bond donors (Lipinski definition) is 0. The Morgan fingerprint density at radius 2 is 1.93 bits per heavy atom. The fourth-order valence-corrected chi connectivity index (χ4v) is 3.60. The number of aromatic nitrogens is 1. The maximum Gasteiger partial charge on any atom is 0.219 e. The van der Waals surface area contributed by atoms with E-state index >= 15 is 0 Å². The van der Waals surface area contributed by atoms with Crippen LogP contribution in [0.4, 0.5) is 5.69 Å². The molecule has 0 spiro atoms. The average molecular weight is 414 g/mol. The summed E-state index contributed by atoms with van der Waals surface area (Å²) >= 11 is 7.83. The van der Waals surface area contributed by atoms with Crippen LogP contribution >= 0.6 is 23.1 Å². The molecule has 0 aliphatic rings. The summed E-state index contributed by atoms with van der Waals surface area (Å²) in [5.41, 5.74) is 5.00. The van der Waals surface area contributed by atoms with Gasteiger partial charge in [0.05, 0.1) is 17.7 Å². The molecule has 4 nitrogen and oxygen atoms in total. The van der Waals surface area contributed by atoms with Gasteiger partial charge in [0.25, 0.3) is 0 Å². The lowest BCUT2D eigenvalue weighted by Crippen LogP contribution is -2.14. The normalized spacial score (nSPS) is 11.2. The molecule has 0 fully saturated rings. The molecule has 0 N–H and O–H groups in total. The highest BCUT2D eigenvalue weighted by Crippen LogP contribution is 2.39. The van der Waals surface area contributed by atoms with E-state index in [0.717, 1.165) is 34.8 Å². The van der Waals surface area contributed by atoms with E-state index in [-0.39, 0.29) is 0 Å². The van der Waals surface area contributed by atoms with Crippen molar-refractivity contribution in [2.24, 2.45) is 4.99 Å². The molecule has 6 heteroatoms. The lowest BCUT2D eigenvalue weighted by Gasteiger charge is -2.12. The minimum absolute atomic E-state index is 0.581. The summed E-state index contributed by atoms with van der Waals surface area (Å²) in [6, 6.07) is 14.2. The molecule has 1 heterocycles. The van der Waals surface area contributed by atoms with Crippen LogP contribution in [0.3, 0.4) is 0 Å². The van der Waals surface area contributed by atoms with Crippen LogP contribution in [0.5, 0.6) is 10.8 Å². The van der Waals surface area contributed by atoms with Gasteiger partial charge < -0.3 is 9.64 Å². The second-order valence-corrected chi connectivity index (χ2v) is 7.83. The van der Waals surface area contributed by atoms with Crippen LogP contribution in [0.1, 0.15) is 29.3 Å². The molecule has 0 saturated heterocycles. The second-order valence-electron chi connectivity index (χ2n) is 6.72. The maximum atomic E-state index is 6.54. The monoisotopic (exact) mass is 413 g/mol. The first kappa shape index (κ1) is 20.4. The highest BCUT2D eigenvalue weighted by atomic mass is 35.5. The second kappa shape index (κ2) is 9.22. The molecule has 146 valence electrons. The number of nitrogens with zero attached hydrogens (tertiary/aromatic N) is 3. The smallest absolute Gasteiger partial charge is 0.219 e. The molecule has 0 amide bonds. The molecule has 2 aromatic carbocycles. The Hall–Kier alpha value is -2.37. The Labute approximate surface area is 175 Å². The van der Waals surface area contributed by atoms with E-state index in [1.54, 1.807) is 0 Å². The number of halogens is 1. The van der Waals surface area contributed by atoms with E-state index in [9.17, 15) is 0 Å². The van der Waals surface area contributed by atoms with Crippen LogP contribution in [0.25, 0.3) is 0 Å². The largest absolute Gasteiger partial charge is 0.443 e. The molecule has 0 radical (unpaired) electrons. The Morgan fingerprint density at radius 1 is 1.18 bits per heavy atom. The summed E-state index contributed by atoms with van der Waals surface area (Å²) in [6.07, 6.45) is 2.54. The van der Waals surface area contributed by atoms with Crippen molar-refractivity contribution in [2.75, 3.05) is 13.6 Å². The molecular formula is C22H24ClN3OS. The third-order valence-corrected chi connectivity index (χ3v) is 5.74. The Morgan fingerprint density at radius 3 is 2.64 bits per heavy atom. The van der Waals surface area contributed by atoms with Crippen molar-refractivity contribution in [1.82, 2.24) is 9.27 Å². The van der Waals surface area contributed by atoms with Crippen LogP contribution < -0.4 is 4.74 Å². The molecule has 0 atom stereocenters. The van der Waals surface area contributed by atoms with Gasteiger partial charge in [-0.2, -0.15) is 4.37 Å². The minimum atomic E-state index is 0.581. The Bertz CT molecular complexity index is 969. The van der Waals surface area contributed by atoms with Crippen LogP contribution in [0.15, 0.2) is 47.5 Å². The fraction of sp³-hybridized carbons (Fsp3) is 0.273. The predicted molar refractivity (Wildman–Crippen MR) is 119 cm³/mol. The molecular weight excluding hydrogens is 390 g/mol. The SMILES string of the molecule is CCN(C)/C=N\c1cc(C)c(Oc2snc(Cc3ccccc3)c2Cl)cc1C. The third kappa shape index (κ3) is 4.91. The van der Waals surface area contributed by atoms with Crippen LogP contribution in [0.2, 0.25) is 5.02 Å². The first-order valence-electron chi connectivity index (χ1n) is 9.19. The van der Waals surface area contributed by atoms with Gasteiger partial charge in [-0.05, 0) is 49.6 Å². The van der Waals surface area contributed by atoms with Crippen molar-refractivity contribution < 1.29 is 4.74 Å². The van der Waals surface area contributed by atoms with E-state index in [0.29, 0.717) is 16.5 Å². The molecule has 0 aliphatic carbocycles. The van der Waals surface area contributed by atoms with E-state index < -0.39 is 0 Å². The average Bonchev–Trinajstić information content (AvgIpc) is 3.03. The van der Waals surface area contributed by atoms with Crippen LogP contribution in [-0.2, 0) is 6.42 Å². The number of aliphatic imine (C=N–C) groups is 1. The van der Waals surface area contributed by atoms with Crippen molar-refractivity contribution in [3.05, 3.63) is 69.9 Å². The quantitative estimate of drug-likeness (QED) is 0.332. The summed E-state index contributed by atoms with van der Waals surface area (Å²) in [6.45, 7) is 7.04. The van der Waals surface area contributed by atoms with Gasteiger partial charge in [0.15, 0.2) is 0 Å². The van der Waals surface area contributed by atoms with Gasteiger partial charge in [-0.15, -0.1) is 0 Å².